The second-order valence-corrected chi connectivity index (χ2v) is 5.49. The summed E-state index contributed by atoms with van der Waals surface area (Å²) in [5.41, 5.74) is 0. The van der Waals surface area contributed by atoms with Crippen molar-refractivity contribution in [2.24, 2.45) is 5.92 Å². The van der Waals surface area contributed by atoms with Crippen LogP contribution in [-0.4, -0.2) is 48.8 Å². The smallest absolute Gasteiger partial charge is 0.316 e. The van der Waals surface area contributed by atoms with Crippen LogP contribution in [0.25, 0.3) is 0 Å². The summed E-state index contributed by atoms with van der Waals surface area (Å²) in [5.74, 6) is -1.87. The zero-order valence-electron chi connectivity index (χ0n) is 13.1. The molecule has 1 rings (SSSR count). The van der Waals surface area contributed by atoms with Gasteiger partial charge in [0.2, 0.25) is 5.91 Å². The molecule has 1 fully saturated rings. The van der Waals surface area contributed by atoms with Gasteiger partial charge in [0, 0.05) is 19.0 Å². The molecule has 0 aromatic carbocycles. The summed E-state index contributed by atoms with van der Waals surface area (Å²) in [6, 6.07) is 0. The molecule has 3 amide bonds. The molecule has 0 aromatic heterocycles. The first-order valence-corrected chi connectivity index (χ1v) is 7.94. The van der Waals surface area contributed by atoms with Crippen LogP contribution < -0.4 is 10.6 Å². The summed E-state index contributed by atoms with van der Waals surface area (Å²) in [6.45, 7) is 6.67. The lowest BCUT2D eigenvalue weighted by molar-refractivity contribution is -0.148. The Bertz CT molecular complexity index is 365. The van der Waals surface area contributed by atoms with E-state index in [-0.39, 0.29) is 11.8 Å². The van der Waals surface area contributed by atoms with Gasteiger partial charge in [0.25, 0.3) is 0 Å². The topological polar surface area (TPSA) is 78.5 Å². The Labute approximate surface area is 126 Å². The minimum Gasteiger partial charge on any atom is -0.334 e. The summed E-state index contributed by atoms with van der Waals surface area (Å²) in [4.78, 5) is 37.6. The maximum atomic E-state index is 12.1. The predicted molar refractivity (Wildman–Crippen MR) is 80.5 cm³/mol. The van der Waals surface area contributed by atoms with Crippen molar-refractivity contribution in [3.63, 3.8) is 0 Å². The van der Waals surface area contributed by atoms with Crippen molar-refractivity contribution in [2.45, 2.75) is 46.0 Å². The van der Waals surface area contributed by atoms with Gasteiger partial charge in [-0.1, -0.05) is 20.3 Å². The fourth-order valence-corrected chi connectivity index (χ4v) is 2.43. The van der Waals surface area contributed by atoms with Crippen molar-refractivity contribution < 1.29 is 14.4 Å². The van der Waals surface area contributed by atoms with Crippen LogP contribution in [0.2, 0.25) is 0 Å². The monoisotopic (exact) mass is 297 g/mol. The van der Waals surface area contributed by atoms with Crippen LogP contribution in [0.5, 0.6) is 0 Å². The van der Waals surface area contributed by atoms with E-state index in [1.807, 2.05) is 13.8 Å². The van der Waals surface area contributed by atoms with Crippen LogP contribution in [0.4, 0.5) is 0 Å². The van der Waals surface area contributed by atoms with Crippen LogP contribution in [0.3, 0.4) is 0 Å². The van der Waals surface area contributed by atoms with Crippen molar-refractivity contribution in [2.75, 3.05) is 26.2 Å². The zero-order chi connectivity index (χ0) is 15.7. The Morgan fingerprint density at radius 1 is 1.10 bits per heavy atom. The van der Waals surface area contributed by atoms with Crippen molar-refractivity contribution >= 4 is 17.7 Å². The normalized spacial score (nSPS) is 15.5. The molecule has 1 aliphatic heterocycles. The lowest BCUT2D eigenvalue weighted by atomic mass is 9.97. The average Bonchev–Trinajstić information content (AvgIpc) is 2.51. The van der Waals surface area contributed by atoms with E-state index in [9.17, 15) is 14.4 Å². The molecule has 0 saturated carbocycles. The van der Waals surface area contributed by atoms with Crippen LogP contribution >= 0.6 is 0 Å². The van der Waals surface area contributed by atoms with Gasteiger partial charge in [-0.15, -0.1) is 0 Å². The van der Waals surface area contributed by atoms with Crippen LogP contribution in [0.15, 0.2) is 0 Å². The molecule has 120 valence electrons. The molecule has 0 spiro atoms. The maximum absolute atomic E-state index is 12.1. The van der Waals surface area contributed by atoms with E-state index >= 15 is 0 Å². The third-order valence-corrected chi connectivity index (χ3v) is 3.70. The molecule has 2 N–H and O–H groups in total. The predicted octanol–water partition coefficient (Wildman–Crippen LogP) is 0.668. The number of amides is 3. The van der Waals surface area contributed by atoms with E-state index in [0.29, 0.717) is 25.9 Å². The molecular formula is C15H27N3O3. The highest BCUT2D eigenvalue weighted by Gasteiger charge is 2.27. The molecular weight excluding hydrogens is 270 g/mol. The fraction of sp³-hybridized carbons (Fsp3) is 0.800. The fourth-order valence-electron chi connectivity index (χ4n) is 2.43. The van der Waals surface area contributed by atoms with Gasteiger partial charge >= 0.3 is 11.8 Å². The van der Waals surface area contributed by atoms with E-state index in [0.717, 1.165) is 32.4 Å². The zero-order valence-corrected chi connectivity index (χ0v) is 13.1. The molecule has 1 aliphatic rings. The minimum absolute atomic E-state index is 0.168. The molecule has 1 heterocycles. The Kier molecular flexibility index (Phi) is 7.97. The van der Waals surface area contributed by atoms with Crippen molar-refractivity contribution in [3.05, 3.63) is 0 Å². The Balaban J connectivity index is 2.50. The standard InChI is InChI=1S/C15H27N3O3/c1-3-5-11-18(10-4-2)15(21)14(20)17-13(19)12-6-8-16-9-7-12/h12,16H,3-11H2,1-2H3,(H,17,19,20). The number of piperidine rings is 1. The summed E-state index contributed by atoms with van der Waals surface area (Å²) in [5, 5.41) is 5.43. The molecule has 0 atom stereocenters. The summed E-state index contributed by atoms with van der Waals surface area (Å²) < 4.78 is 0. The molecule has 0 unspecified atom stereocenters. The second-order valence-electron chi connectivity index (χ2n) is 5.49. The largest absolute Gasteiger partial charge is 0.334 e. The first-order chi connectivity index (χ1) is 10.1. The molecule has 21 heavy (non-hydrogen) atoms. The molecule has 0 radical (unpaired) electrons. The molecule has 0 bridgehead atoms. The van der Waals surface area contributed by atoms with E-state index in [1.54, 1.807) is 0 Å². The number of hydrogen-bond acceptors (Lipinski definition) is 4. The van der Waals surface area contributed by atoms with Gasteiger partial charge in [0.05, 0.1) is 0 Å². The van der Waals surface area contributed by atoms with Gasteiger partial charge in [-0.3, -0.25) is 19.7 Å². The molecule has 6 nitrogen and oxygen atoms in total. The van der Waals surface area contributed by atoms with Crippen molar-refractivity contribution in [1.29, 1.82) is 0 Å². The van der Waals surface area contributed by atoms with Gasteiger partial charge in [0.15, 0.2) is 0 Å². The maximum Gasteiger partial charge on any atom is 0.316 e. The van der Waals surface area contributed by atoms with Gasteiger partial charge in [-0.25, -0.2) is 0 Å². The molecule has 0 aliphatic carbocycles. The van der Waals surface area contributed by atoms with E-state index in [2.05, 4.69) is 10.6 Å². The summed E-state index contributed by atoms with van der Waals surface area (Å²) in [6.07, 6.45) is 4.04. The van der Waals surface area contributed by atoms with Crippen molar-refractivity contribution in [1.82, 2.24) is 15.5 Å². The van der Waals surface area contributed by atoms with E-state index in [4.69, 9.17) is 0 Å². The first-order valence-electron chi connectivity index (χ1n) is 7.94. The number of unbranched alkanes of at least 4 members (excludes halogenated alkanes) is 1. The highest BCUT2D eigenvalue weighted by Crippen LogP contribution is 2.11. The number of carbonyl (C=O) groups excluding carboxylic acids is 3. The molecule has 1 saturated heterocycles. The number of carbonyl (C=O) groups is 3. The van der Waals surface area contributed by atoms with Gasteiger partial charge in [-0.05, 0) is 38.8 Å². The summed E-state index contributed by atoms with van der Waals surface area (Å²) >= 11 is 0. The third-order valence-electron chi connectivity index (χ3n) is 3.70. The highest BCUT2D eigenvalue weighted by atomic mass is 16.2. The number of nitrogens with zero attached hydrogens (tertiary/aromatic N) is 1. The number of imide groups is 1. The van der Waals surface area contributed by atoms with Crippen LogP contribution in [0, 0.1) is 5.92 Å². The van der Waals surface area contributed by atoms with E-state index < -0.39 is 11.8 Å². The summed E-state index contributed by atoms with van der Waals surface area (Å²) in [7, 11) is 0. The number of hydrogen-bond donors (Lipinski definition) is 2. The van der Waals surface area contributed by atoms with Gasteiger partial charge in [0.1, 0.15) is 0 Å². The Hall–Kier alpha value is -1.43. The first kappa shape index (κ1) is 17.6. The van der Waals surface area contributed by atoms with Crippen molar-refractivity contribution in [3.8, 4) is 0 Å². The highest BCUT2D eigenvalue weighted by molar-refractivity contribution is 6.37. The Morgan fingerprint density at radius 3 is 2.33 bits per heavy atom. The van der Waals surface area contributed by atoms with Gasteiger partial charge < -0.3 is 10.2 Å². The Morgan fingerprint density at radius 2 is 1.76 bits per heavy atom. The second kappa shape index (κ2) is 9.50. The lowest BCUT2D eigenvalue weighted by Crippen LogP contribution is -2.48. The lowest BCUT2D eigenvalue weighted by Gasteiger charge is -2.23. The van der Waals surface area contributed by atoms with Gasteiger partial charge in [-0.2, -0.15) is 0 Å². The van der Waals surface area contributed by atoms with Crippen LogP contribution in [0.1, 0.15) is 46.0 Å². The quantitative estimate of drug-likeness (QED) is 0.706. The number of rotatable bonds is 6. The minimum atomic E-state index is -0.789. The van der Waals surface area contributed by atoms with Crippen LogP contribution in [-0.2, 0) is 14.4 Å². The average molecular weight is 297 g/mol. The molecule has 6 heteroatoms. The third kappa shape index (κ3) is 5.83. The SMILES string of the molecule is CCCCN(CCC)C(=O)C(=O)NC(=O)C1CCNCC1. The number of nitrogens with one attached hydrogen (secondary N) is 2. The molecule has 0 aromatic rings. The van der Waals surface area contributed by atoms with E-state index in [1.165, 1.54) is 4.90 Å².